The van der Waals surface area contributed by atoms with E-state index in [-0.39, 0.29) is 17.4 Å². The fourth-order valence-electron chi connectivity index (χ4n) is 1.92. The van der Waals surface area contributed by atoms with Gasteiger partial charge >= 0.3 is 0 Å². The molecule has 5 heteroatoms. The Bertz CT molecular complexity index is 395. The molecule has 1 unspecified atom stereocenters. The molecule has 5 nitrogen and oxygen atoms in total. The van der Waals surface area contributed by atoms with Crippen LogP contribution in [0.2, 0.25) is 0 Å². The maximum Gasteiger partial charge on any atom is 0.276 e. The lowest BCUT2D eigenvalue weighted by molar-refractivity contribution is 0.0778. The van der Waals surface area contributed by atoms with Crippen LogP contribution in [0, 0.1) is 5.92 Å². The van der Waals surface area contributed by atoms with Crippen LogP contribution in [0.1, 0.15) is 16.9 Å². The van der Waals surface area contributed by atoms with Crippen LogP contribution in [0.4, 0.5) is 0 Å². The molecule has 0 bridgehead atoms. The molecule has 1 aromatic heterocycles. The Hall–Kier alpha value is -1.62. The van der Waals surface area contributed by atoms with Crippen molar-refractivity contribution in [1.29, 1.82) is 0 Å². The van der Waals surface area contributed by atoms with Crippen LogP contribution in [-0.4, -0.2) is 40.5 Å². The molecule has 0 aliphatic carbocycles. The average molecular weight is 221 g/mol. The summed E-state index contributed by atoms with van der Waals surface area (Å²) in [6.07, 6.45) is 2.43. The molecule has 1 saturated heterocycles. The Morgan fingerprint density at radius 3 is 3.12 bits per heavy atom. The van der Waals surface area contributed by atoms with Crippen molar-refractivity contribution in [2.75, 3.05) is 19.6 Å². The minimum Gasteiger partial charge on any atom is -0.505 e. The highest BCUT2D eigenvalue weighted by molar-refractivity contribution is 5.94. The highest BCUT2D eigenvalue weighted by atomic mass is 16.3. The molecule has 1 aliphatic heterocycles. The maximum absolute atomic E-state index is 12.0. The van der Waals surface area contributed by atoms with Crippen molar-refractivity contribution in [1.82, 2.24) is 9.88 Å². The second-order valence-electron chi connectivity index (χ2n) is 4.01. The van der Waals surface area contributed by atoms with Crippen molar-refractivity contribution in [3.05, 3.63) is 24.0 Å². The van der Waals surface area contributed by atoms with E-state index in [0.717, 1.165) is 6.42 Å². The number of carbonyl (C=O) groups excluding carboxylic acids is 1. The van der Waals surface area contributed by atoms with Crippen LogP contribution < -0.4 is 5.73 Å². The monoisotopic (exact) mass is 221 g/mol. The molecule has 1 amide bonds. The highest BCUT2D eigenvalue weighted by Crippen LogP contribution is 2.20. The van der Waals surface area contributed by atoms with Crippen molar-refractivity contribution in [3.8, 4) is 5.75 Å². The molecule has 0 aromatic carbocycles. The summed E-state index contributed by atoms with van der Waals surface area (Å²) >= 11 is 0. The first-order valence-electron chi connectivity index (χ1n) is 5.35. The van der Waals surface area contributed by atoms with Crippen molar-refractivity contribution >= 4 is 5.91 Å². The number of nitrogens with two attached hydrogens (primary N) is 1. The second-order valence-corrected chi connectivity index (χ2v) is 4.01. The predicted octanol–water partition coefficient (Wildman–Crippen LogP) is 0.208. The van der Waals surface area contributed by atoms with Crippen LogP contribution in [0.5, 0.6) is 5.75 Å². The van der Waals surface area contributed by atoms with Gasteiger partial charge in [-0.2, -0.15) is 0 Å². The molecule has 1 aliphatic rings. The second kappa shape index (κ2) is 4.49. The van der Waals surface area contributed by atoms with E-state index in [0.29, 0.717) is 25.6 Å². The first-order chi connectivity index (χ1) is 7.72. The number of hydrogen-bond acceptors (Lipinski definition) is 4. The third-order valence-electron chi connectivity index (χ3n) is 2.90. The summed E-state index contributed by atoms with van der Waals surface area (Å²) in [6, 6.07) is 3.06. The SMILES string of the molecule is NCC1CCN(C(=O)c2ncccc2O)C1. The van der Waals surface area contributed by atoms with Gasteiger partial charge in [-0.1, -0.05) is 0 Å². The first-order valence-corrected chi connectivity index (χ1v) is 5.35. The largest absolute Gasteiger partial charge is 0.505 e. The van der Waals surface area contributed by atoms with Gasteiger partial charge in [-0.15, -0.1) is 0 Å². The zero-order chi connectivity index (χ0) is 11.5. The predicted molar refractivity (Wildman–Crippen MR) is 59.0 cm³/mol. The summed E-state index contributed by atoms with van der Waals surface area (Å²) in [5.74, 6) is 0.0903. The van der Waals surface area contributed by atoms with Gasteiger partial charge in [0.25, 0.3) is 5.91 Å². The lowest BCUT2D eigenvalue weighted by atomic mass is 10.1. The van der Waals surface area contributed by atoms with E-state index >= 15 is 0 Å². The topological polar surface area (TPSA) is 79.5 Å². The molecular weight excluding hydrogens is 206 g/mol. The normalized spacial score (nSPS) is 20.1. The van der Waals surface area contributed by atoms with Gasteiger partial charge in [0.2, 0.25) is 0 Å². The van der Waals surface area contributed by atoms with Gasteiger partial charge in [0.15, 0.2) is 5.69 Å². The number of pyridine rings is 1. The third kappa shape index (κ3) is 1.99. The number of carbonyl (C=O) groups is 1. The fourth-order valence-corrected chi connectivity index (χ4v) is 1.92. The number of amides is 1. The van der Waals surface area contributed by atoms with E-state index < -0.39 is 0 Å². The van der Waals surface area contributed by atoms with Gasteiger partial charge in [-0.05, 0) is 31.0 Å². The summed E-state index contributed by atoms with van der Waals surface area (Å²) in [5, 5.41) is 9.53. The number of rotatable bonds is 2. The molecule has 0 radical (unpaired) electrons. The summed E-state index contributed by atoms with van der Waals surface area (Å²) in [7, 11) is 0. The number of aromatic hydroxyl groups is 1. The molecule has 0 spiro atoms. The van der Waals surface area contributed by atoms with Crippen molar-refractivity contribution < 1.29 is 9.90 Å². The molecule has 2 rings (SSSR count). The highest BCUT2D eigenvalue weighted by Gasteiger charge is 2.27. The Morgan fingerprint density at radius 2 is 2.50 bits per heavy atom. The zero-order valence-electron chi connectivity index (χ0n) is 8.97. The molecule has 86 valence electrons. The van der Waals surface area contributed by atoms with Gasteiger partial charge in [0, 0.05) is 19.3 Å². The Balaban J connectivity index is 2.12. The van der Waals surface area contributed by atoms with Crippen LogP contribution >= 0.6 is 0 Å². The van der Waals surface area contributed by atoms with Crippen molar-refractivity contribution in [2.24, 2.45) is 11.7 Å². The minimum atomic E-state index is -0.214. The average Bonchev–Trinajstić information content (AvgIpc) is 2.77. The van der Waals surface area contributed by atoms with E-state index in [1.54, 1.807) is 11.0 Å². The van der Waals surface area contributed by atoms with Gasteiger partial charge < -0.3 is 15.7 Å². The molecule has 1 fully saturated rings. The van der Waals surface area contributed by atoms with E-state index in [9.17, 15) is 9.90 Å². The van der Waals surface area contributed by atoms with Gasteiger partial charge in [0.1, 0.15) is 5.75 Å². The molecule has 1 aromatic rings. The van der Waals surface area contributed by atoms with Crippen molar-refractivity contribution in [3.63, 3.8) is 0 Å². The van der Waals surface area contributed by atoms with Gasteiger partial charge in [0.05, 0.1) is 0 Å². The van der Waals surface area contributed by atoms with Gasteiger partial charge in [-0.3, -0.25) is 4.79 Å². The molecular formula is C11H15N3O2. The van der Waals surface area contributed by atoms with E-state index in [2.05, 4.69) is 4.98 Å². The van der Waals surface area contributed by atoms with Crippen LogP contribution in [0.25, 0.3) is 0 Å². The first kappa shape index (κ1) is 10.9. The molecule has 16 heavy (non-hydrogen) atoms. The van der Waals surface area contributed by atoms with E-state index in [1.807, 2.05) is 0 Å². The number of nitrogens with zero attached hydrogens (tertiary/aromatic N) is 2. The minimum absolute atomic E-state index is 0.0660. The van der Waals surface area contributed by atoms with Crippen LogP contribution in [-0.2, 0) is 0 Å². The Labute approximate surface area is 93.9 Å². The summed E-state index contributed by atoms with van der Waals surface area (Å²) in [5.41, 5.74) is 5.69. The summed E-state index contributed by atoms with van der Waals surface area (Å²) in [4.78, 5) is 17.6. The molecule has 2 heterocycles. The van der Waals surface area contributed by atoms with E-state index in [4.69, 9.17) is 5.73 Å². The quantitative estimate of drug-likeness (QED) is 0.748. The number of aromatic nitrogens is 1. The number of hydrogen-bond donors (Lipinski definition) is 2. The van der Waals surface area contributed by atoms with E-state index in [1.165, 1.54) is 12.3 Å². The third-order valence-corrected chi connectivity index (χ3v) is 2.90. The Kier molecular flexibility index (Phi) is 3.05. The standard InChI is InChI=1S/C11H15N3O2/c12-6-8-3-5-14(7-8)11(16)10-9(15)2-1-4-13-10/h1-2,4,8,15H,3,5-7,12H2. The summed E-state index contributed by atoms with van der Waals surface area (Å²) in [6.45, 7) is 1.94. The smallest absolute Gasteiger partial charge is 0.276 e. The number of likely N-dealkylation sites (tertiary alicyclic amines) is 1. The van der Waals surface area contributed by atoms with Crippen LogP contribution in [0.3, 0.4) is 0 Å². The summed E-state index contributed by atoms with van der Waals surface area (Å²) < 4.78 is 0. The van der Waals surface area contributed by atoms with Crippen molar-refractivity contribution in [2.45, 2.75) is 6.42 Å². The maximum atomic E-state index is 12.0. The lowest BCUT2D eigenvalue weighted by Crippen LogP contribution is -2.30. The molecule has 0 saturated carbocycles. The van der Waals surface area contributed by atoms with Gasteiger partial charge in [-0.25, -0.2) is 4.98 Å². The fraction of sp³-hybridized carbons (Fsp3) is 0.455. The zero-order valence-corrected chi connectivity index (χ0v) is 8.97. The Morgan fingerprint density at radius 1 is 1.69 bits per heavy atom. The lowest BCUT2D eigenvalue weighted by Gasteiger charge is -2.15. The molecule has 3 N–H and O–H groups in total. The van der Waals surface area contributed by atoms with Crippen LogP contribution in [0.15, 0.2) is 18.3 Å². The molecule has 1 atom stereocenters.